The molecule has 0 bridgehead atoms. The van der Waals surface area contributed by atoms with Gasteiger partial charge in [-0.3, -0.25) is 10.1 Å². The normalized spacial score (nSPS) is 17.8. The number of aryl methyl sites for hydroxylation is 1. The molecule has 6 heteroatoms. The second-order valence-corrected chi connectivity index (χ2v) is 3.69. The van der Waals surface area contributed by atoms with E-state index < -0.39 is 17.0 Å². The van der Waals surface area contributed by atoms with Crippen LogP contribution in [0.15, 0.2) is 18.2 Å². The molecule has 2 rings (SSSR count). The maximum Gasteiger partial charge on any atom is 0.347 e. The van der Waals surface area contributed by atoms with E-state index in [1.807, 2.05) is 0 Å². The zero-order chi connectivity index (χ0) is 12.4. The number of carbonyl (C=O) groups is 1. The molecule has 1 aliphatic rings. The molecule has 0 unspecified atom stereocenters. The largest absolute Gasteiger partial charge is 0.471 e. The van der Waals surface area contributed by atoms with E-state index in [2.05, 4.69) is 4.74 Å². The average Bonchev–Trinajstić information content (AvgIpc) is 2.36. The van der Waals surface area contributed by atoms with Crippen molar-refractivity contribution in [2.45, 2.75) is 18.9 Å². The molecule has 1 aromatic rings. The fourth-order valence-electron chi connectivity index (χ4n) is 1.83. The number of ether oxygens (including phenoxy) is 2. The van der Waals surface area contributed by atoms with Crippen LogP contribution < -0.4 is 4.74 Å². The number of esters is 1. The predicted octanol–water partition coefficient (Wildman–Crippen LogP) is 1.46. The molecular weight excluding hydrogens is 226 g/mol. The van der Waals surface area contributed by atoms with Crippen LogP contribution >= 0.6 is 0 Å². The van der Waals surface area contributed by atoms with Crippen LogP contribution in [-0.4, -0.2) is 24.1 Å². The van der Waals surface area contributed by atoms with Crippen LogP contribution in [-0.2, 0) is 16.0 Å². The molecular formula is C11H11NO5. The van der Waals surface area contributed by atoms with Crippen molar-refractivity contribution in [3.8, 4) is 5.75 Å². The molecule has 1 atom stereocenters. The van der Waals surface area contributed by atoms with Crippen LogP contribution in [0.1, 0.15) is 12.0 Å². The van der Waals surface area contributed by atoms with E-state index in [1.54, 1.807) is 12.1 Å². The molecule has 0 fully saturated rings. The van der Waals surface area contributed by atoms with Crippen molar-refractivity contribution in [1.82, 2.24) is 0 Å². The van der Waals surface area contributed by atoms with E-state index in [0.29, 0.717) is 12.8 Å². The number of fused-ring (bicyclic) bond motifs is 1. The van der Waals surface area contributed by atoms with Crippen LogP contribution in [0.4, 0.5) is 5.69 Å². The zero-order valence-corrected chi connectivity index (χ0v) is 9.21. The Morgan fingerprint density at radius 2 is 2.35 bits per heavy atom. The number of methoxy groups -OCH3 is 1. The Morgan fingerprint density at radius 3 is 3.00 bits per heavy atom. The van der Waals surface area contributed by atoms with Gasteiger partial charge in [-0.1, -0.05) is 12.1 Å². The van der Waals surface area contributed by atoms with E-state index in [9.17, 15) is 14.9 Å². The highest BCUT2D eigenvalue weighted by molar-refractivity contribution is 5.76. The van der Waals surface area contributed by atoms with E-state index in [0.717, 1.165) is 5.56 Å². The van der Waals surface area contributed by atoms with Crippen molar-refractivity contribution in [1.29, 1.82) is 0 Å². The lowest BCUT2D eigenvalue weighted by molar-refractivity contribution is -0.386. The van der Waals surface area contributed by atoms with Gasteiger partial charge < -0.3 is 9.47 Å². The number of rotatable bonds is 2. The number of nitro groups is 1. The third-order valence-electron chi connectivity index (χ3n) is 2.67. The molecule has 1 aromatic carbocycles. The Morgan fingerprint density at radius 1 is 1.59 bits per heavy atom. The summed E-state index contributed by atoms with van der Waals surface area (Å²) >= 11 is 0. The van der Waals surface area contributed by atoms with Gasteiger partial charge in [0, 0.05) is 11.6 Å². The van der Waals surface area contributed by atoms with Crippen molar-refractivity contribution in [2.24, 2.45) is 0 Å². The van der Waals surface area contributed by atoms with Crippen LogP contribution in [0.5, 0.6) is 5.75 Å². The molecule has 0 N–H and O–H groups in total. The minimum absolute atomic E-state index is 0.115. The summed E-state index contributed by atoms with van der Waals surface area (Å²) < 4.78 is 9.93. The summed E-state index contributed by atoms with van der Waals surface area (Å²) in [6, 6.07) is 4.73. The quantitative estimate of drug-likeness (QED) is 0.442. The minimum atomic E-state index is -0.756. The predicted molar refractivity (Wildman–Crippen MR) is 57.8 cm³/mol. The van der Waals surface area contributed by atoms with Gasteiger partial charge in [-0.25, -0.2) is 4.79 Å². The second-order valence-electron chi connectivity index (χ2n) is 3.69. The van der Waals surface area contributed by atoms with Crippen molar-refractivity contribution in [3.05, 3.63) is 33.9 Å². The summed E-state index contributed by atoms with van der Waals surface area (Å²) in [6.07, 6.45) is 0.283. The maximum atomic E-state index is 11.3. The zero-order valence-electron chi connectivity index (χ0n) is 9.21. The first-order valence-corrected chi connectivity index (χ1v) is 5.14. The molecule has 90 valence electrons. The molecule has 6 nitrogen and oxygen atoms in total. The standard InChI is InChI=1S/C11H11NO5/c1-16-11(13)9-6-5-7-3-2-4-8(12(14)15)10(7)17-9/h2-4,9H,5-6H2,1H3/t9-/m0/s1. The third kappa shape index (κ3) is 2.06. The number of nitrogens with zero attached hydrogens (tertiary/aromatic N) is 1. The van der Waals surface area contributed by atoms with Crippen LogP contribution in [0.3, 0.4) is 0 Å². The van der Waals surface area contributed by atoms with Crippen LogP contribution in [0, 0.1) is 10.1 Å². The van der Waals surface area contributed by atoms with E-state index in [-0.39, 0.29) is 11.4 Å². The van der Waals surface area contributed by atoms with Crippen molar-refractivity contribution in [3.63, 3.8) is 0 Å². The molecule has 1 heterocycles. The first-order chi connectivity index (χ1) is 8.13. The Hall–Kier alpha value is -2.11. The van der Waals surface area contributed by atoms with Gasteiger partial charge in [-0.05, 0) is 12.8 Å². The monoisotopic (exact) mass is 237 g/mol. The summed E-state index contributed by atoms with van der Waals surface area (Å²) in [6.45, 7) is 0. The van der Waals surface area contributed by atoms with Gasteiger partial charge in [0.15, 0.2) is 6.10 Å². The summed E-state index contributed by atoms with van der Waals surface area (Å²) in [5, 5.41) is 10.8. The third-order valence-corrected chi connectivity index (χ3v) is 2.67. The maximum absolute atomic E-state index is 11.3. The fourth-order valence-corrected chi connectivity index (χ4v) is 1.83. The molecule has 0 saturated carbocycles. The molecule has 0 saturated heterocycles. The summed E-state index contributed by atoms with van der Waals surface area (Å²) in [4.78, 5) is 21.7. The summed E-state index contributed by atoms with van der Waals surface area (Å²) in [5.41, 5.74) is 0.635. The van der Waals surface area contributed by atoms with Gasteiger partial charge in [-0.2, -0.15) is 0 Å². The molecule has 17 heavy (non-hydrogen) atoms. The van der Waals surface area contributed by atoms with Gasteiger partial charge in [0.25, 0.3) is 0 Å². The molecule has 0 amide bonds. The van der Waals surface area contributed by atoms with Gasteiger partial charge in [-0.15, -0.1) is 0 Å². The van der Waals surface area contributed by atoms with Crippen molar-refractivity contribution < 1.29 is 19.2 Å². The summed E-state index contributed by atoms with van der Waals surface area (Å²) in [5.74, 6) is -0.326. The van der Waals surface area contributed by atoms with E-state index in [4.69, 9.17) is 4.74 Å². The SMILES string of the molecule is COC(=O)[C@@H]1CCc2cccc([N+](=O)[O-])c2O1. The molecule has 0 spiro atoms. The van der Waals surface area contributed by atoms with Gasteiger partial charge >= 0.3 is 11.7 Å². The topological polar surface area (TPSA) is 78.7 Å². The van der Waals surface area contributed by atoms with Crippen LogP contribution in [0.25, 0.3) is 0 Å². The van der Waals surface area contributed by atoms with E-state index in [1.165, 1.54) is 13.2 Å². The van der Waals surface area contributed by atoms with Gasteiger partial charge in [0.2, 0.25) is 5.75 Å². The lowest BCUT2D eigenvalue weighted by Crippen LogP contribution is -2.32. The first kappa shape index (κ1) is 11.4. The number of hydrogen-bond donors (Lipinski definition) is 0. The number of carbonyl (C=O) groups excluding carboxylic acids is 1. The highest BCUT2D eigenvalue weighted by Gasteiger charge is 2.31. The molecule has 0 aliphatic carbocycles. The lowest BCUT2D eigenvalue weighted by atomic mass is 10.0. The highest BCUT2D eigenvalue weighted by atomic mass is 16.6. The average molecular weight is 237 g/mol. The fraction of sp³-hybridized carbons (Fsp3) is 0.364. The molecule has 1 aliphatic heterocycles. The Kier molecular flexibility index (Phi) is 2.95. The van der Waals surface area contributed by atoms with Gasteiger partial charge in [0.05, 0.1) is 12.0 Å². The van der Waals surface area contributed by atoms with Gasteiger partial charge in [0.1, 0.15) is 0 Å². The highest BCUT2D eigenvalue weighted by Crippen LogP contribution is 2.36. The number of para-hydroxylation sites is 1. The van der Waals surface area contributed by atoms with Crippen molar-refractivity contribution >= 4 is 11.7 Å². The Labute approximate surface area is 97.3 Å². The first-order valence-electron chi connectivity index (χ1n) is 5.14. The Bertz CT molecular complexity index is 471. The minimum Gasteiger partial charge on any atom is -0.471 e. The number of nitro benzene ring substituents is 1. The van der Waals surface area contributed by atoms with E-state index >= 15 is 0 Å². The molecule has 0 aromatic heterocycles. The van der Waals surface area contributed by atoms with Crippen LogP contribution in [0.2, 0.25) is 0 Å². The lowest BCUT2D eigenvalue weighted by Gasteiger charge is -2.23. The Balaban J connectivity index is 2.35. The van der Waals surface area contributed by atoms with Crippen molar-refractivity contribution in [2.75, 3.05) is 7.11 Å². The smallest absolute Gasteiger partial charge is 0.347 e. The molecule has 0 radical (unpaired) electrons. The summed E-state index contributed by atoms with van der Waals surface area (Å²) in [7, 11) is 1.26. The number of benzene rings is 1. The number of hydrogen-bond acceptors (Lipinski definition) is 5. The second kappa shape index (κ2) is 4.40.